The molecule has 1 amide bonds. The molecule has 1 atom stereocenters. The van der Waals surface area contributed by atoms with Gasteiger partial charge in [0.15, 0.2) is 0 Å². The lowest BCUT2D eigenvalue weighted by Gasteiger charge is -2.49. The summed E-state index contributed by atoms with van der Waals surface area (Å²) in [4.78, 5) is 21.0. The fraction of sp³-hybridized carbons (Fsp3) is 0.615. The van der Waals surface area contributed by atoms with Gasteiger partial charge in [-0.2, -0.15) is 14.8 Å². The number of aromatic nitrogens is 4. The second-order valence-electron chi connectivity index (χ2n) is 10.8. The average molecular weight is 499 g/mol. The molecule has 9 nitrogen and oxygen atoms in total. The molecule has 2 saturated heterocycles. The Labute approximate surface area is 210 Å². The number of rotatable bonds is 5. The van der Waals surface area contributed by atoms with Crippen molar-refractivity contribution in [2.75, 3.05) is 26.2 Å². The number of nitrogens with zero attached hydrogens (tertiary/aromatic N) is 6. The number of hydrogen-bond acceptors (Lipinski definition) is 7. The summed E-state index contributed by atoms with van der Waals surface area (Å²) in [5, 5.41) is 19.2. The molecule has 1 N–H and O–H groups in total. The molecule has 0 saturated carbocycles. The summed E-state index contributed by atoms with van der Waals surface area (Å²) in [6, 6.07) is 4.99. The molecule has 0 bridgehead atoms. The maximum Gasteiger partial charge on any atom is 0.291 e. The lowest BCUT2D eigenvalue weighted by molar-refractivity contribution is -0.142. The number of hydrogen-bond donors (Lipinski definition) is 1. The molecule has 2 fully saturated rings. The van der Waals surface area contributed by atoms with E-state index in [1.165, 1.54) is 17.7 Å². The summed E-state index contributed by atoms with van der Waals surface area (Å²) in [6.45, 7) is 11.0. The van der Waals surface area contributed by atoms with Crippen molar-refractivity contribution in [1.82, 2.24) is 29.7 Å². The summed E-state index contributed by atoms with van der Waals surface area (Å²) in [5.74, 6) is 0.549. The predicted molar refractivity (Wildman–Crippen MR) is 132 cm³/mol. The highest BCUT2D eigenvalue weighted by atomic mass is 19.1. The van der Waals surface area contributed by atoms with Crippen molar-refractivity contribution in [3.8, 4) is 5.95 Å². The summed E-state index contributed by atoms with van der Waals surface area (Å²) in [6.07, 6.45) is 2.60. The fourth-order valence-electron chi connectivity index (χ4n) is 5.65. The van der Waals surface area contributed by atoms with E-state index in [9.17, 15) is 14.3 Å². The number of piperidine rings is 2. The van der Waals surface area contributed by atoms with Gasteiger partial charge in [-0.1, -0.05) is 26.0 Å². The number of aliphatic hydroxyl groups excluding tert-OH is 1. The molecular weight excluding hydrogens is 463 g/mol. The third-order valence-electron chi connectivity index (χ3n) is 7.97. The Morgan fingerprint density at radius 3 is 2.50 bits per heavy atom. The van der Waals surface area contributed by atoms with E-state index in [1.807, 2.05) is 19.9 Å². The van der Waals surface area contributed by atoms with Gasteiger partial charge in [-0.15, -0.1) is 0 Å². The lowest BCUT2D eigenvalue weighted by atomic mass is 9.84. The predicted octanol–water partition coefficient (Wildman–Crippen LogP) is 3.61. The number of carbonyl (C=O) groups excluding carboxylic acids is 1. The number of carbonyl (C=O) groups is 1. The summed E-state index contributed by atoms with van der Waals surface area (Å²) < 4.78 is 21.9. The van der Waals surface area contributed by atoms with Gasteiger partial charge in [-0.05, 0) is 69.8 Å². The maximum atomic E-state index is 14.7. The van der Waals surface area contributed by atoms with Crippen LogP contribution in [0.1, 0.15) is 76.8 Å². The molecule has 5 rings (SSSR count). The minimum Gasteiger partial charge on any atom is -0.384 e. The molecule has 0 radical (unpaired) electrons. The molecule has 2 aromatic heterocycles. The van der Waals surface area contributed by atoms with Crippen molar-refractivity contribution < 1.29 is 18.8 Å². The van der Waals surface area contributed by atoms with E-state index in [2.05, 4.69) is 27.1 Å². The molecular formula is C26H35FN6O3. The summed E-state index contributed by atoms with van der Waals surface area (Å²) >= 11 is 0. The Morgan fingerprint density at radius 2 is 1.86 bits per heavy atom. The minimum atomic E-state index is -0.947. The van der Waals surface area contributed by atoms with E-state index >= 15 is 0 Å². The van der Waals surface area contributed by atoms with Gasteiger partial charge in [0.05, 0.1) is 5.69 Å². The van der Waals surface area contributed by atoms with E-state index in [0.29, 0.717) is 24.5 Å². The van der Waals surface area contributed by atoms with Crippen LogP contribution in [0.25, 0.3) is 16.9 Å². The maximum absolute atomic E-state index is 14.7. The van der Waals surface area contributed by atoms with E-state index in [1.54, 1.807) is 11.0 Å². The number of fused-ring (bicyclic) bond motifs is 1. The molecule has 36 heavy (non-hydrogen) atoms. The fourth-order valence-corrected chi connectivity index (χ4v) is 5.65. The van der Waals surface area contributed by atoms with Gasteiger partial charge in [0, 0.05) is 29.9 Å². The first-order valence-corrected chi connectivity index (χ1v) is 12.9. The molecule has 2 aliphatic heterocycles. The van der Waals surface area contributed by atoms with E-state index in [4.69, 9.17) is 4.52 Å². The highest BCUT2D eigenvalue weighted by molar-refractivity contribution is 5.84. The van der Waals surface area contributed by atoms with Crippen molar-refractivity contribution in [1.29, 1.82) is 0 Å². The van der Waals surface area contributed by atoms with Gasteiger partial charge in [0.1, 0.15) is 17.4 Å². The first-order chi connectivity index (χ1) is 17.2. The van der Waals surface area contributed by atoms with Crippen LogP contribution in [0, 0.1) is 5.82 Å². The molecule has 0 spiro atoms. The minimum absolute atomic E-state index is 0.0270. The molecule has 0 unspecified atom stereocenters. The number of benzene rings is 1. The Balaban J connectivity index is 1.27. The molecule has 4 heterocycles. The van der Waals surface area contributed by atoms with Crippen LogP contribution in [-0.2, 0) is 4.79 Å². The Morgan fingerprint density at radius 1 is 1.17 bits per heavy atom. The van der Waals surface area contributed by atoms with Crippen molar-refractivity contribution in [3.05, 3.63) is 35.6 Å². The van der Waals surface area contributed by atoms with E-state index in [-0.39, 0.29) is 35.0 Å². The van der Waals surface area contributed by atoms with Gasteiger partial charge in [-0.3, -0.25) is 9.69 Å². The third kappa shape index (κ3) is 4.41. The standard InChI is InChI=1S/C26H35FN6O3/c1-16(2)21-19-6-5-7-20(27)22(19)33(29-21)25-28-23(36-30-25)18-8-12-32(13-9-18)26(4)10-14-31(15-11-26)24(35)17(3)34/h5-7,16-18,34H,8-15H2,1-4H3/t17-/m0/s1. The van der Waals surface area contributed by atoms with Crippen LogP contribution < -0.4 is 0 Å². The SMILES string of the molecule is CC(C)c1nn(-c2noc(C3CCN(C4(C)CCN(C(=O)[C@H](C)O)CC4)CC3)n2)c2c(F)cccc12. The number of para-hydroxylation sites is 1. The number of aliphatic hydroxyl groups is 1. The highest BCUT2D eigenvalue weighted by Gasteiger charge is 2.39. The van der Waals surface area contributed by atoms with Crippen LogP contribution in [-0.4, -0.2) is 78.6 Å². The van der Waals surface area contributed by atoms with Gasteiger partial charge >= 0.3 is 0 Å². The van der Waals surface area contributed by atoms with Gasteiger partial charge in [0.2, 0.25) is 5.89 Å². The topological polar surface area (TPSA) is 101 Å². The van der Waals surface area contributed by atoms with E-state index < -0.39 is 6.10 Å². The number of amides is 1. The quantitative estimate of drug-likeness (QED) is 0.574. The highest BCUT2D eigenvalue weighted by Crippen LogP contribution is 2.36. The van der Waals surface area contributed by atoms with Crippen molar-refractivity contribution >= 4 is 16.8 Å². The normalized spacial score (nSPS) is 20.4. The first-order valence-electron chi connectivity index (χ1n) is 12.9. The largest absolute Gasteiger partial charge is 0.384 e. The van der Waals surface area contributed by atoms with Gasteiger partial charge < -0.3 is 14.5 Å². The van der Waals surface area contributed by atoms with Crippen LogP contribution in [0.15, 0.2) is 22.7 Å². The zero-order valence-corrected chi connectivity index (χ0v) is 21.4. The molecule has 194 valence electrons. The Kier molecular flexibility index (Phi) is 6.59. The average Bonchev–Trinajstić information content (AvgIpc) is 3.50. The number of halogens is 1. The number of likely N-dealkylation sites (tertiary alicyclic amines) is 2. The van der Waals surface area contributed by atoms with E-state index in [0.717, 1.165) is 49.9 Å². The Bertz CT molecular complexity index is 1240. The van der Waals surface area contributed by atoms with Crippen LogP contribution >= 0.6 is 0 Å². The zero-order valence-electron chi connectivity index (χ0n) is 21.4. The smallest absolute Gasteiger partial charge is 0.291 e. The van der Waals surface area contributed by atoms with Crippen molar-refractivity contribution in [3.63, 3.8) is 0 Å². The molecule has 10 heteroatoms. The Hall–Kier alpha value is -2.85. The van der Waals surface area contributed by atoms with Crippen LogP contribution in [0.5, 0.6) is 0 Å². The first kappa shape index (κ1) is 24.8. The monoisotopic (exact) mass is 498 g/mol. The summed E-state index contributed by atoms with van der Waals surface area (Å²) in [7, 11) is 0. The van der Waals surface area contributed by atoms with Crippen LogP contribution in [0.3, 0.4) is 0 Å². The second-order valence-corrected chi connectivity index (χ2v) is 10.8. The zero-order chi connectivity index (χ0) is 25.6. The van der Waals surface area contributed by atoms with Crippen LogP contribution in [0.2, 0.25) is 0 Å². The third-order valence-corrected chi connectivity index (χ3v) is 7.97. The molecule has 0 aliphatic carbocycles. The lowest BCUT2D eigenvalue weighted by Crippen LogP contribution is -2.57. The van der Waals surface area contributed by atoms with Crippen LogP contribution in [0.4, 0.5) is 4.39 Å². The van der Waals surface area contributed by atoms with Crippen molar-refractivity contribution in [2.24, 2.45) is 0 Å². The molecule has 3 aromatic rings. The van der Waals surface area contributed by atoms with Gasteiger partial charge in [0.25, 0.3) is 11.9 Å². The molecule has 1 aromatic carbocycles. The summed E-state index contributed by atoms with van der Waals surface area (Å²) in [5.41, 5.74) is 1.20. The second kappa shape index (κ2) is 9.55. The molecule has 2 aliphatic rings. The van der Waals surface area contributed by atoms with Gasteiger partial charge in [-0.25, -0.2) is 4.39 Å². The van der Waals surface area contributed by atoms with Crippen molar-refractivity contribution in [2.45, 2.75) is 76.9 Å².